The highest BCUT2D eigenvalue weighted by Gasteiger charge is 2.16. The third kappa shape index (κ3) is 4.14. The highest BCUT2D eigenvalue weighted by atomic mass is 16.6. The Labute approximate surface area is 151 Å². The number of nitrogens with one attached hydrogen (secondary N) is 1. The first kappa shape index (κ1) is 17.8. The first-order valence-corrected chi connectivity index (χ1v) is 8.54. The molecular formula is C20H21NO5. The minimum Gasteiger partial charge on any atom is -0.486 e. The molecule has 6 nitrogen and oxygen atoms in total. The molecule has 1 aliphatic heterocycles. The number of amides is 1. The van der Waals surface area contributed by atoms with Gasteiger partial charge in [0.05, 0.1) is 11.6 Å². The Balaban J connectivity index is 1.59. The number of rotatable bonds is 6. The summed E-state index contributed by atoms with van der Waals surface area (Å²) in [5, 5.41) is 12.1. The van der Waals surface area contributed by atoms with Gasteiger partial charge in [-0.3, -0.25) is 4.79 Å². The molecule has 1 aliphatic rings. The fourth-order valence-corrected chi connectivity index (χ4v) is 2.92. The monoisotopic (exact) mass is 355 g/mol. The maximum absolute atomic E-state index is 12.3. The van der Waals surface area contributed by atoms with Crippen molar-refractivity contribution in [3.05, 3.63) is 59.2 Å². The van der Waals surface area contributed by atoms with Crippen molar-refractivity contribution in [2.75, 3.05) is 13.2 Å². The summed E-state index contributed by atoms with van der Waals surface area (Å²) >= 11 is 0. The number of benzene rings is 2. The standard InChI is InChI=1S/C20H21NO5/c1-13(15-6-8-17-18(12-15)26-11-10-25-17)21-19(22)9-7-14-4-2-3-5-16(14)20(23)24/h2-6,8,12-13H,7,9-11H2,1H3,(H,21,22)(H,23,24). The molecule has 3 rings (SSSR count). The molecule has 2 aromatic carbocycles. The smallest absolute Gasteiger partial charge is 0.335 e. The van der Waals surface area contributed by atoms with E-state index in [0.29, 0.717) is 36.7 Å². The molecule has 1 atom stereocenters. The largest absolute Gasteiger partial charge is 0.486 e. The van der Waals surface area contributed by atoms with Gasteiger partial charge in [-0.1, -0.05) is 24.3 Å². The maximum atomic E-state index is 12.3. The lowest BCUT2D eigenvalue weighted by Gasteiger charge is -2.21. The number of hydrogen-bond donors (Lipinski definition) is 2. The predicted molar refractivity (Wildman–Crippen MR) is 95.7 cm³/mol. The lowest BCUT2D eigenvalue weighted by atomic mass is 10.0. The highest BCUT2D eigenvalue weighted by molar-refractivity contribution is 5.89. The molecule has 26 heavy (non-hydrogen) atoms. The van der Waals surface area contributed by atoms with Gasteiger partial charge in [0.25, 0.3) is 0 Å². The summed E-state index contributed by atoms with van der Waals surface area (Å²) < 4.78 is 11.1. The summed E-state index contributed by atoms with van der Waals surface area (Å²) in [6.45, 7) is 2.95. The van der Waals surface area contributed by atoms with Crippen LogP contribution in [0.3, 0.4) is 0 Å². The number of aromatic carboxylic acids is 1. The van der Waals surface area contributed by atoms with Gasteiger partial charge in [-0.2, -0.15) is 0 Å². The van der Waals surface area contributed by atoms with Crippen molar-refractivity contribution in [1.29, 1.82) is 0 Å². The second-order valence-electron chi connectivity index (χ2n) is 6.15. The number of carboxylic acid groups (broad SMARTS) is 1. The van der Waals surface area contributed by atoms with E-state index < -0.39 is 5.97 Å². The molecule has 1 heterocycles. The summed E-state index contributed by atoms with van der Waals surface area (Å²) in [5.74, 6) is 0.285. The van der Waals surface area contributed by atoms with Gasteiger partial charge < -0.3 is 19.9 Å². The fraction of sp³-hybridized carbons (Fsp3) is 0.300. The highest BCUT2D eigenvalue weighted by Crippen LogP contribution is 2.32. The molecule has 0 saturated heterocycles. The first-order valence-electron chi connectivity index (χ1n) is 8.54. The zero-order valence-electron chi connectivity index (χ0n) is 14.5. The van der Waals surface area contributed by atoms with Gasteiger partial charge in [-0.05, 0) is 42.7 Å². The van der Waals surface area contributed by atoms with Crippen molar-refractivity contribution in [3.8, 4) is 11.5 Å². The van der Waals surface area contributed by atoms with Crippen molar-refractivity contribution in [3.63, 3.8) is 0 Å². The fourth-order valence-electron chi connectivity index (χ4n) is 2.92. The van der Waals surface area contributed by atoms with Gasteiger partial charge >= 0.3 is 5.97 Å². The van der Waals surface area contributed by atoms with Crippen LogP contribution in [0, 0.1) is 0 Å². The van der Waals surface area contributed by atoms with Crippen molar-refractivity contribution in [2.45, 2.75) is 25.8 Å². The van der Waals surface area contributed by atoms with Crippen LogP contribution in [0.4, 0.5) is 0 Å². The normalized spacial score (nSPS) is 13.7. The summed E-state index contributed by atoms with van der Waals surface area (Å²) in [5.41, 5.74) is 1.82. The molecule has 6 heteroatoms. The Morgan fingerprint density at radius 1 is 1.12 bits per heavy atom. The second-order valence-corrected chi connectivity index (χ2v) is 6.15. The Kier molecular flexibility index (Phi) is 5.41. The Morgan fingerprint density at radius 3 is 2.62 bits per heavy atom. The van der Waals surface area contributed by atoms with Crippen molar-refractivity contribution in [2.24, 2.45) is 0 Å². The topological polar surface area (TPSA) is 84.9 Å². The van der Waals surface area contributed by atoms with E-state index >= 15 is 0 Å². The van der Waals surface area contributed by atoms with Gasteiger partial charge in [0, 0.05) is 6.42 Å². The molecule has 0 saturated carbocycles. The lowest BCUT2D eigenvalue weighted by Crippen LogP contribution is -2.27. The van der Waals surface area contributed by atoms with Crippen LogP contribution in [0.5, 0.6) is 11.5 Å². The van der Waals surface area contributed by atoms with Gasteiger partial charge in [0.15, 0.2) is 11.5 Å². The Hall–Kier alpha value is -3.02. The molecule has 0 spiro atoms. The number of carbonyl (C=O) groups excluding carboxylic acids is 1. The van der Waals surface area contributed by atoms with E-state index in [0.717, 1.165) is 5.56 Å². The van der Waals surface area contributed by atoms with Crippen LogP contribution in [-0.4, -0.2) is 30.2 Å². The molecule has 0 radical (unpaired) electrons. The number of fused-ring (bicyclic) bond motifs is 1. The summed E-state index contributed by atoms with van der Waals surface area (Å²) in [7, 11) is 0. The quantitative estimate of drug-likeness (QED) is 0.832. The minimum absolute atomic E-state index is 0.132. The summed E-state index contributed by atoms with van der Waals surface area (Å²) in [6.07, 6.45) is 0.599. The van der Waals surface area contributed by atoms with Crippen LogP contribution in [0.1, 0.15) is 40.9 Å². The second kappa shape index (κ2) is 7.91. The van der Waals surface area contributed by atoms with Crippen LogP contribution >= 0.6 is 0 Å². The van der Waals surface area contributed by atoms with Gasteiger partial charge in [0.1, 0.15) is 13.2 Å². The molecule has 136 valence electrons. The maximum Gasteiger partial charge on any atom is 0.335 e. The SMILES string of the molecule is CC(NC(=O)CCc1ccccc1C(=O)O)c1ccc2c(c1)OCCO2. The van der Waals surface area contributed by atoms with Crippen LogP contribution < -0.4 is 14.8 Å². The minimum atomic E-state index is -0.981. The number of carbonyl (C=O) groups is 2. The molecule has 0 aliphatic carbocycles. The molecule has 0 fully saturated rings. The molecule has 1 amide bonds. The number of carboxylic acids is 1. The van der Waals surface area contributed by atoms with E-state index in [1.165, 1.54) is 0 Å². The van der Waals surface area contributed by atoms with Crippen molar-refractivity contribution < 1.29 is 24.2 Å². The van der Waals surface area contributed by atoms with Gasteiger partial charge in [-0.15, -0.1) is 0 Å². The lowest BCUT2D eigenvalue weighted by molar-refractivity contribution is -0.121. The van der Waals surface area contributed by atoms with Crippen LogP contribution in [0.25, 0.3) is 0 Å². The molecule has 0 bridgehead atoms. The first-order chi connectivity index (χ1) is 12.5. The van der Waals surface area contributed by atoms with Crippen LogP contribution in [0.15, 0.2) is 42.5 Å². The molecule has 0 aromatic heterocycles. The van der Waals surface area contributed by atoms with Crippen molar-refractivity contribution in [1.82, 2.24) is 5.32 Å². The van der Waals surface area contributed by atoms with E-state index in [2.05, 4.69) is 5.32 Å². The Morgan fingerprint density at radius 2 is 1.85 bits per heavy atom. The van der Waals surface area contributed by atoms with E-state index in [-0.39, 0.29) is 23.9 Å². The summed E-state index contributed by atoms with van der Waals surface area (Å²) in [6, 6.07) is 12.2. The average Bonchev–Trinajstić information content (AvgIpc) is 2.66. The average molecular weight is 355 g/mol. The predicted octanol–water partition coefficient (Wildman–Crippen LogP) is 2.97. The van der Waals surface area contributed by atoms with E-state index in [1.807, 2.05) is 25.1 Å². The van der Waals surface area contributed by atoms with E-state index in [4.69, 9.17) is 9.47 Å². The zero-order chi connectivity index (χ0) is 18.5. The zero-order valence-corrected chi connectivity index (χ0v) is 14.5. The molecular weight excluding hydrogens is 334 g/mol. The molecule has 2 N–H and O–H groups in total. The molecule has 2 aromatic rings. The van der Waals surface area contributed by atoms with Crippen molar-refractivity contribution >= 4 is 11.9 Å². The van der Waals surface area contributed by atoms with Gasteiger partial charge in [-0.25, -0.2) is 4.79 Å². The molecule has 1 unspecified atom stereocenters. The van der Waals surface area contributed by atoms with Crippen LogP contribution in [0.2, 0.25) is 0 Å². The number of aryl methyl sites for hydroxylation is 1. The third-order valence-electron chi connectivity index (χ3n) is 4.31. The number of hydrogen-bond acceptors (Lipinski definition) is 4. The summed E-state index contributed by atoms with van der Waals surface area (Å²) in [4.78, 5) is 23.5. The van der Waals surface area contributed by atoms with Crippen LogP contribution in [-0.2, 0) is 11.2 Å². The Bertz CT molecular complexity index is 818. The number of ether oxygens (including phenoxy) is 2. The van der Waals surface area contributed by atoms with E-state index in [1.54, 1.807) is 24.3 Å². The third-order valence-corrected chi connectivity index (χ3v) is 4.31. The van der Waals surface area contributed by atoms with Gasteiger partial charge in [0.2, 0.25) is 5.91 Å². The van der Waals surface area contributed by atoms with E-state index in [9.17, 15) is 14.7 Å².